The normalized spacial score (nSPS) is 19.9. The van der Waals surface area contributed by atoms with E-state index in [0.717, 1.165) is 61.2 Å². The molecule has 0 radical (unpaired) electrons. The van der Waals surface area contributed by atoms with Gasteiger partial charge >= 0.3 is 0 Å². The van der Waals surface area contributed by atoms with E-state index < -0.39 is 10.0 Å². The van der Waals surface area contributed by atoms with Crippen LogP contribution in [-0.2, 0) is 27.7 Å². The van der Waals surface area contributed by atoms with Crippen LogP contribution in [0.3, 0.4) is 0 Å². The lowest BCUT2D eigenvalue weighted by Crippen LogP contribution is -2.37. The molecule has 0 spiro atoms. The summed E-state index contributed by atoms with van der Waals surface area (Å²) in [6, 6.07) is 15.1. The molecule has 5 nitrogen and oxygen atoms in total. The summed E-state index contributed by atoms with van der Waals surface area (Å²) in [5, 5.41) is 0.756. The zero-order chi connectivity index (χ0) is 22.6. The molecule has 1 unspecified atom stereocenters. The number of sulfonamides is 1. The van der Waals surface area contributed by atoms with Crippen LogP contribution in [0.15, 0.2) is 53.4 Å². The van der Waals surface area contributed by atoms with E-state index in [0.29, 0.717) is 30.8 Å². The third-order valence-electron chi connectivity index (χ3n) is 6.61. The molecule has 1 amide bonds. The fourth-order valence-corrected chi connectivity index (χ4v) is 6.50. The number of amides is 1. The number of hydrogen-bond acceptors (Lipinski definition) is 3. The Morgan fingerprint density at radius 3 is 2.38 bits per heavy atom. The molecule has 2 aromatic carbocycles. The highest BCUT2D eigenvalue weighted by Crippen LogP contribution is 2.26. The van der Waals surface area contributed by atoms with Crippen LogP contribution in [0.4, 0.5) is 0 Å². The number of likely N-dealkylation sites (tertiary alicyclic amines) is 1. The number of rotatable bonds is 7. The SMILES string of the molecule is O=C(CCc1ccc(S(=O)(=O)N2CCCCC2)cc1)N1CCCC1Cc1ccccc1Cl. The van der Waals surface area contributed by atoms with Crippen LogP contribution in [0.25, 0.3) is 0 Å². The molecule has 0 aromatic heterocycles. The number of aryl methyl sites for hydroxylation is 1. The Balaban J connectivity index is 1.34. The topological polar surface area (TPSA) is 57.7 Å². The number of carbonyl (C=O) groups is 1. The number of hydrogen-bond donors (Lipinski definition) is 0. The number of piperidine rings is 1. The van der Waals surface area contributed by atoms with Gasteiger partial charge in [-0.1, -0.05) is 48.4 Å². The van der Waals surface area contributed by atoms with Crippen LogP contribution in [-0.4, -0.2) is 49.2 Å². The zero-order valence-corrected chi connectivity index (χ0v) is 20.0. The molecule has 2 aromatic rings. The summed E-state index contributed by atoms with van der Waals surface area (Å²) in [6.07, 6.45) is 6.78. The quantitative estimate of drug-likeness (QED) is 0.585. The minimum atomic E-state index is -3.42. The maximum absolute atomic E-state index is 12.9. The number of benzene rings is 2. The van der Waals surface area contributed by atoms with Crippen molar-refractivity contribution in [1.82, 2.24) is 9.21 Å². The molecular formula is C25H31ClN2O3S. The predicted molar refractivity (Wildman–Crippen MR) is 127 cm³/mol. The average molecular weight is 475 g/mol. The molecule has 32 heavy (non-hydrogen) atoms. The first-order valence-corrected chi connectivity index (χ1v) is 13.4. The molecule has 2 aliphatic rings. The zero-order valence-electron chi connectivity index (χ0n) is 18.4. The number of halogens is 1. The Hall–Kier alpha value is -1.89. The summed E-state index contributed by atoms with van der Waals surface area (Å²) in [5.41, 5.74) is 2.07. The van der Waals surface area contributed by atoms with E-state index in [1.165, 1.54) is 0 Å². The van der Waals surface area contributed by atoms with Crippen molar-refractivity contribution >= 4 is 27.5 Å². The second kappa shape index (κ2) is 10.4. The summed E-state index contributed by atoms with van der Waals surface area (Å²) in [4.78, 5) is 15.3. The van der Waals surface area contributed by atoms with Gasteiger partial charge in [0.2, 0.25) is 15.9 Å². The van der Waals surface area contributed by atoms with E-state index >= 15 is 0 Å². The Morgan fingerprint density at radius 2 is 1.66 bits per heavy atom. The molecular weight excluding hydrogens is 444 g/mol. The highest BCUT2D eigenvalue weighted by Gasteiger charge is 2.29. The van der Waals surface area contributed by atoms with Gasteiger partial charge in [0.15, 0.2) is 0 Å². The standard InChI is InChI=1S/C25H31ClN2O3S/c26-24-9-3-2-7-21(24)19-22-8-6-18-28(22)25(29)15-12-20-10-13-23(14-11-20)32(30,31)27-16-4-1-5-17-27/h2-3,7,9-11,13-14,22H,1,4-6,8,12,15-19H2. The van der Waals surface area contributed by atoms with Crippen molar-refractivity contribution in [2.24, 2.45) is 0 Å². The van der Waals surface area contributed by atoms with Gasteiger partial charge in [0, 0.05) is 37.1 Å². The summed E-state index contributed by atoms with van der Waals surface area (Å²) >= 11 is 6.32. The van der Waals surface area contributed by atoms with Gasteiger partial charge < -0.3 is 4.90 Å². The van der Waals surface area contributed by atoms with Crippen LogP contribution in [0.1, 0.15) is 49.7 Å². The first-order valence-electron chi connectivity index (χ1n) is 11.6. The smallest absolute Gasteiger partial charge is 0.243 e. The Morgan fingerprint density at radius 1 is 0.938 bits per heavy atom. The maximum Gasteiger partial charge on any atom is 0.243 e. The second-order valence-electron chi connectivity index (χ2n) is 8.79. The van der Waals surface area contributed by atoms with Crippen LogP contribution in [0.2, 0.25) is 5.02 Å². The molecule has 7 heteroatoms. The molecule has 2 fully saturated rings. The molecule has 4 rings (SSSR count). The molecule has 1 atom stereocenters. The molecule has 2 aliphatic heterocycles. The van der Waals surface area contributed by atoms with Crippen molar-refractivity contribution in [2.45, 2.75) is 62.3 Å². The van der Waals surface area contributed by atoms with Gasteiger partial charge in [-0.15, -0.1) is 0 Å². The van der Waals surface area contributed by atoms with Crippen molar-refractivity contribution < 1.29 is 13.2 Å². The fraction of sp³-hybridized carbons (Fsp3) is 0.480. The molecule has 2 saturated heterocycles. The summed E-state index contributed by atoms with van der Waals surface area (Å²) in [7, 11) is -3.42. The predicted octanol–water partition coefficient (Wildman–Crippen LogP) is 4.68. The van der Waals surface area contributed by atoms with Gasteiger partial charge in [0.1, 0.15) is 0 Å². The molecule has 0 aliphatic carbocycles. The molecule has 0 N–H and O–H groups in total. The van der Waals surface area contributed by atoms with E-state index in [2.05, 4.69) is 0 Å². The molecule has 172 valence electrons. The highest BCUT2D eigenvalue weighted by molar-refractivity contribution is 7.89. The van der Waals surface area contributed by atoms with Crippen molar-refractivity contribution in [2.75, 3.05) is 19.6 Å². The van der Waals surface area contributed by atoms with Gasteiger partial charge in [-0.3, -0.25) is 4.79 Å². The first kappa shape index (κ1) is 23.3. The van der Waals surface area contributed by atoms with E-state index in [1.807, 2.05) is 41.3 Å². The van der Waals surface area contributed by atoms with Crippen molar-refractivity contribution in [3.63, 3.8) is 0 Å². The third-order valence-corrected chi connectivity index (χ3v) is 8.90. The monoisotopic (exact) mass is 474 g/mol. The molecule has 0 saturated carbocycles. The minimum Gasteiger partial charge on any atom is -0.339 e. The number of nitrogens with zero attached hydrogens (tertiary/aromatic N) is 2. The summed E-state index contributed by atoms with van der Waals surface area (Å²) in [5.74, 6) is 0.157. The van der Waals surface area contributed by atoms with Crippen molar-refractivity contribution in [1.29, 1.82) is 0 Å². The Labute approximate surface area is 196 Å². The minimum absolute atomic E-state index is 0.157. The van der Waals surface area contributed by atoms with Gasteiger partial charge in [-0.25, -0.2) is 8.42 Å². The summed E-state index contributed by atoms with van der Waals surface area (Å²) in [6.45, 7) is 1.99. The van der Waals surface area contributed by atoms with Gasteiger partial charge in [0.05, 0.1) is 4.90 Å². The van der Waals surface area contributed by atoms with Gasteiger partial charge in [-0.2, -0.15) is 4.31 Å². The highest BCUT2D eigenvalue weighted by atomic mass is 35.5. The lowest BCUT2D eigenvalue weighted by Gasteiger charge is -2.26. The van der Waals surface area contributed by atoms with Crippen LogP contribution in [0.5, 0.6) is 0 Å². The van der Waals surface area contributed by atoms with E-state index in [4.69, 9.17) is 11.6 Å². The van der Waals surface area contributed by atoms with Crippen LogP contribution in [0, 0.1) is 0 Å². The van der Waals surface area contributed by atoms with Crippen molar-refractivity contribution in [3.8, 4) is 0 Å². The van der Waals surface area contributed by atoms with E-state index in [1.54, 1.807) is 16.4 Å². The maximum atomic E-state index is 12.9. The Kier molecular flexibility index (Phi) is 7.54. The average Bonchev–Trinajstić information content (AvgIpc) is 3.28. The third kappa shape index (κ3) is 5.36. The number of carbonyl (C=O) groups excluding carboxylic acids is 1. The van der Waals surface area contributed by atoms with E-state index in [-0.39, 0.29) is 11.9 Å². The van der Waals surface area contributed by atoms with E-state index in [9.17, 15) is 13.2 Å². The van der Waals surface area contributed by atoms with Gasteiger partial charge in [-0.05, 0) is 67.9 Å². The lowest BCUT2D eigenvalue weighted by molar-refractivity contribution is -0.131. The van der Waals surface area contributed by atoms with Crippen LogP contribution >= 0.6 is 11.6 Å². The largest absolute Gasteiger partial charge is 0.339 e. The fourth-order valence-electron chi connectivity index (χ4n) is 4.77. The van der Waals surface area contributed by atoms with Gasteiger partial charge in [0.25, 0.3) is 0 Å². The molecule has 2 heterocycles. The molecule has 0 bridgehead atoms. The van der Waals surface area contributed by atoms with Crippen LogP contribution < -0.4 is 0 Å². The summed E-state index contributed by atoms with van der Waals surface area (Å²) < 4.78 is 27.2. The Bertz CT molecular complexity index is 1030. The van der Waals surface area contributed by atoms with Crippen molar-refractivity contribution in [3.05, 3.63) is 64.7 Å². The first-order chi connectivity index (χ1) is 15.4. The second-order valence-corrected chi connectivity index (χ2v) is 11.1. The lowest BCUT2D eigenvalue weighted by atomic mass is 10.0.